The maximum atomic E-state index is 12.3. The van der Waals surface area contributed by atoms with Gasteiger partial charge in [-0.2, -0.15) is 0 Å². The van der Waals surface area contributed by atoms with Gasteiger partial charge in [-0.15, -0.1) is 11.3 Å². The van der Waals surface area contributed by atoms with Crippen molar-refractivity contribution in [3.63, 3.8) is 0 Å². The monoisotopic (exact) mass is 412 g/mol. The molecule has 1 aromatic heterocycles. The van der Waals surface area contributed by atoms with Crippen LogP contribution in [-0.2, 0) is 6.54 Å². The van der Waals surface area contributed by atoms with Gasteiger partial charge in [-0.3, -0.25) is 4.79 Å². The predicted octanol–water partition coefficient (Wildman–Crippen LogP) is 5.41. The van der Waals surface area contributed by atoms with E-state index >= 15 is 0 Å². The number of rotatable bonds is 4. The number of nitrogens with zero attached hydrogens (tertiary/aromatic N) is 1. The lowest BCUT2D eigenvalue weighted by atomic mass is 10.2. The Kier molecular flexibility index (Phi) is 5.49. The summed E-state index contributed by atoms with van der Waals surface area (Å²) in [7, 11) is 0. The molecule has 0 fully saturated rings. The number of amides is 1. The third-order valence-corrected chi connectivity index (χ3v) is 5.32. The standard InChI is InChI=1S/C17H11Cl3N2O2S/c18-10-6-11(19)16(23)14(15(10)20)17(24)21-7-13-22-12(8-25-13)9-4-2-1-3-5-9/h1-6,8,23H,7H2,(H,21,24). The largest absolute Gasteiger partial charge is 0.505 e. The molecule has 0 atom stereocenters. The fraction of sp³-hybridized carbons (Fsp3) is 0.0588. The van der Waals surface area contributed by atoms with Gasteiger partial charge >= 0.3 is 0 Å². The van der Waals surface area contributed by atoms with Crippen LogP contribution < -0.4 is 5.32 Å². The summed E-state index contributed by atoms with van der Waals surface area (Å²) in [4.78, 5) is 16.8. The Morgan fingerprint density at radius 3 is 2.60 bits per heavy atom. The number of carbonyl (C=O) groups excluding carboxylic acids is 1. The molecule has 128 valence electrons. The molecule has 2 N–H and O–H groups in total. The Balaban J connectivity index is 1.75. The lowest BCUT2D eigenvalue weighted by Gasteiger charge is -2.10. The van der Waals surface area contributed by atoms with Crippen LogP contribution in [0.25, 0.3) is 11.3 Å². The van der Waals surface area contributed by atoms with Gasteiger partial charge in [0.15, 0.2) is 0 Å². The molecule has 0 saturated carbocycles. The third-order valence-electron chi connectivity index (χ3n) is 3.39. The molecule has 0 radical (unpaired) electrons. The molecule has 0 unspecified atom stereocenters. The van der Waals surface area contributed by atoms with Crippen molar-refractivity contribution in [3.8, 4) is 17.0 Å². The van der Waals surface area contributed by atoms with E-state index in [0.29, 0.717) is 0 Å². The van der Waals surface area contributed by atoms with E-state index in [9.17, 15) is 9.90 Å². The molecule has 0 spiro atoms. The minimum absolute atomic E-state index is 0.0415. The van der Waals surface area contributed by atoms with Crippen LogP contribution in [0.1, 0.15) is 15.4 Å². The SMILES string of the molecule is O=C(NCc1nc(-c2ccccc2)cs1)c1c(O)c(Cl)cc(Cl)c1Cl. The van der Waals surface area contributed by atoms with Crippen LogP contribution >= 0.6 is 46.1 Å². The van der Waals surface area contributed by atoms with Gasteiger partial charge < -0.3 is 10.4 Å². The van der Waals surface area contributed by atoms with Crippen molar-refractivity contribution < 1.29 is 9.90 Å². The lowest BCUT2D eigenvalue weighted by molar-refractivity contribution is 0.0948. The molecular formula is C17H11Cl3N2O2S. The molecule has 0 aliphatic carbocycles. The zero-order valence-corrected chi connectivity index (χ0v) is 15.7. The fourth-order valence-corrected chi connectivity index (χ4v) is 3.61. The van der Waals surface area contributed by atoms with Crippen LogP contribution in [0, 0.1) is 0 Å². The number of hydrogen-bond acceptors (Lipinski definition) is 4. The van der Waals surface area contributed by atoms with Gasteiger partial charge in [-0.25, -0.2) is 4.98 Å². The van der Waals surface area contributed by atoms with E-state index in [1.807, 2.05) is 35.7 Å². The Labute approximate surface area is 163 Å². The zero-order valence-electron chi connectivity index (χ0n) is 12.6. The topological polar surface area (TPSA) is 62.2 Å². The second kappa shape index (κ2) is 7.62. The van der Waals surface area contributed by atoms with Crippen LogP contribution in [0.2, 0.25) is 15.1 Å². The van der Waals surface area contributed by atoms with Gasteiger partial charge in [0.1, 0.15) is 16.3 Å². The maximum Gasteiger partial charge on any atom is 0.257 e. The van der Waals surface area contributed by atoms with Gasteiger partial charge in [-0.05, 0) is 6.07 Å². The quantitative estimate of drug-likeness (QED) is 0.562. The van der Waals surface area contributed by atoms with Crippen LogP contribution in [0.5, 0.6) is 5.75 Å². The van der Waals surface area contributed by atoms with Crippen molar-refractivity contribution in [2.45, 2.75) is 6.54 Å². The van der Waals surface area contributed by atoms with Crippen LogP contribution in [0.4, 0.5) is 0 Å². The van der Waals surface area contributed by atoms with Crippen LogP contribution in [0.3, 0.4) is 0 Å². The molecule has 3 rings (SSSR count). The first-order valence-corrected chi connectivity index (χ1v) is 9.13. The number of hydrogen-bond donors (Lipinski definition) is 2. The fourth-order valence-electron chi connectivity index (χ4n) is 2.17. The second-order valence-electron chi connectivity index (χ2n) is 5.05. The minimum Gasteiger partial charge on any atom is -0.505 e. The smallest absolute Gasteiger partial charge is 0.257 e. The number of carbonyl (C=O) groups is 1. The van der Waals surface area contributed by atoms with Gasteiger partial charge in [0.05, 0.1) is 27.3 Å². The van der Waals surface area contributed by atoms with E-state index in [0.717, 1.165) is 16.3 Å². The molecule has 3 aromatic rings. The van der Waals surface area contributed by atoms with Crippen LogP contribution in [0.15, 0.2) is 41.8 Å². The van der Waals surface area contributed by atoms with E-state index in [2.05, 4.69) is 10.3 Å². The third kappa shape index (κ3) is 3.90. The summed E-state index contributed by atoms with van der Waals surface area (Å²) in [6.45, 7) is 0.191. The molecule has 1 heterocycles. The highest BCUT2D eigenvalue weighted by molar-refractivity contribution is 7.09. The van der Waals surface area contributed by atoms with Crippen molar-refractivity contribution in [3.05, 3.63) is 67.4 Å². The van der Waals surface area contributed by atoms with Gasteiger partial charge in [0.25, 0.3) is 5.91 Å². The average molecular weight is 414 g/mol. The van der Waals surface area contributed by atoms with E-state index in [1.165, 1.54) is 17.4 Å². The molecule has 2 aromatic carbocycles. The molecule has 0 bridgehead atoms. The second-order valence-corrected chi connectivity index (χ2v) is 7.19. The number of phenols is 1. The molecule has 0 aliphatic heterocycles. The van der Waals surface area contributed by atoms with Gasteiger partial charge in [-0.1, -0.05) is 65.1 Å². The highest BCUT2D eigenvalue weighted by Crippen LogP contribution is 2.38. The maximum absolute atomic E-state index is 12.3. The van der Waals surface area contributed by atoms with Gasteiger partial charge in [0.2, 0.25) is 0 Å². The number of halogens is 3. The summed E-state index contributed by atoms with van der Waals surface area (Å²) >= 11 is 19.2. The van der Waals surface area contributed by atoms with Gasteiger partial charge in [0, 0.05) is 10.9 Å². The van der Waals surface area contributed by atoms with E-state index in [-0.39, 0.29) is 27.2 Å². The normalized spacial score (nSPS) is 10.7. The first kappa shape index (κ1) is 18.0. The molecule has 1 amide bonds. The highest BCUT2D eigenvalue weighted by atomic mass is 35.5. The summed E-state index contributed by atoms with van der Waals surface area (Å²) in [5.41, 5.74) is 1.68. The number of aromatic hydroxyl groups is 1. The summed E-state index contributed by atoms with van der Waals surface area (Å²) in [6, 6.07) is 11.0. The van der Waals surface area contributed by atoms with Crippen molar-refractivity contribution in [2.75, 3.05) is 0 Å². The molecule has 8 heteroatoms. The zero-order chi connectivity index (χ0) is 18.0. The summed E-state index contributed by atoms with van der Waals surface area (Å²) in [6.07, 6.45) is 0. The number of phenolic OH excluding ortho intramolecular Hbond substituents is 1. The first-order chi connectivity index (χ1) is 12.0. The average Bonchev–Trinajstić information content (AvgIpc) is 3.08. The summed E-state index contributed by atoms with van der Waals surface area (Å²) in [5.74, 6) is -0.985. The molecule has 4 nitrogen and oxygen atoms in total. The Hall–Kier alpha value is -1.79. The van der Waals surface area contributed by atoms with Crippen LogP contribution in [-0.4, -0.2) is 16.0 Å². The highest BCUT2D eigenvalue weighted by Gasteiger charge is 2.21. The molecule has 25 heavy (non-hydrogen) atoms. The molecular weight excluding hydrogens is 403 g/mol. The minimum atomic E-state index is -0.580. The first-order valence-electron chi connectivity index (χ1n) is 7.12. The molecule has 0 aliphatic rings. The Bertz CT molecular complexity index is 903. The molecule has 0 saturated heterocycles. The van der Waals surface area contributed by atoms with E-state index < -0.39 is 11.7 Å². The predicted molar refractivity (Wildman–Crippen MR) is 102 cm³/mol. The number of nitrogens with one attached hydrogen (secondary N) is 1. The Morgan fingerprint density at radius 2 is 1.88 bits per heavy atom. The van der Waals surface area contributed by atoms with E-state index in [1.54, 1.807) is 0 Å². The van der Waals surface area contributed by atoms with Crippen molar-refractivity contribution in [1.82, 2.24) is 10.3 Å². The summed E-state index contributed by atoms with van der Waals surface area (Å²) in [5, 5.41) is 15.3. The van der Waals surface area contributed by atoms with Crippen molar-refractivity contribution in [2.24, 2.45) is 0 Å². The number of benzene rings is 2. The number of thiazole rings is 1. The van der Waals surface area contributed by atoms with E-state index in [4.69, 9.17) is 34.8 Å². The Morgan fingerprint density at radius 1 is 1.16 bits per heavy atom. The number of aromatic nitrogens is 1. The lowest BCUT2D eigenvalue weighted by Crippen LogP contribution is -2.23. The summed E-state index contributed by atoms with van der Waals surface area (Å²) < 4.78 is 0. The van der Waals surface area contributed by atoms with Crippen molar-refractivity contribution >= 4 is 52.0 Å². The van der Waals surface area contributed by atoms with Crippen molar-refractivity contribution in [1.29, 1.82) is 0 Å².